The number of nitrogens with zero attached hydrogens (tertiary/aromatic N) is 1. The monoisotopic (exact) mass is 250 g/mol. The second-order valence-corrected chi connectivity index (χ2v) is 4.50. The van der Waals surface area contributed by atoms with Gasteiger partial charge in [0.2, 0.25) is 0 Å². The van der Waals surface area contributed by atoms with Crippen LogP contribution >= 0.6 is 0 Å². The van der Waals surface area contributed by atoms with E-state index in [1.807, 2.05) is 26.1 Å². The molecule has 0 fully saturated rings. The summed E-state index contributed by atoms with van der Waals surface area (Å²) in [7, 11) is 1.88. The molecule has 1 aromatic carbocycles. The smallest absolute Gasteiger partial charge is 0.126 e. The van der Waals surface area contributed by atoms with Gasteiger partial charge < -0.3 is 10.2 Å². The molecule has 1 unspecified atom stereocenters. The van der Waals surface area contributed by atoms with E-state index in [0.717, 1.165) is 24.3 Å². The van der Waals surface area contributed by atoms with Crippen molar-refractivity contribution in [2.45, 2.75) is 26.8 Å². The topological polar surface area (TPSA) is 15.3 Å². The molecule has 1 N–H and O–H groups in total. The van der Waals surface area contributed by atoms with Crippen LogP contribution < -0.4 is 10.2 Å². The summed E-state index contributed by atoms with van der Waals surface area (Å²) in [5.74, 6) is -0.148. The van der Waals surface area contributed by atoms with E-state index in [9.17, 15) is 4.39 Å². The van der Waals surface area contributed by atoms with Crippen LogP contribution in [0.5, 0.6) is 0 Å². The third kappa shape index (κ3) is 3.10. The standard InChI is InChI=1S/C15H23FN2/c1-6-8-18(7-2)15-9-11(3)14(16)10-13(15)12(4)17-5/h6,9-10,12,17H,1,7-8H2,2-5H3. The molecule has 0 aliphatic carbocycles. The fourth-order valence-electron chi connectivity index (χ4n) is 2.01. The molecule has 0 aliphatic heterocycles. The van der Waals surface area contributed by atoms with Gasteiger partial charge in [0.25, 0.3) is 0 Å². The normalized spacial score (nSPS) is 12.3. The molecule has 0 aromatic heterocycles. The lowest BCUT2D eigenvalue weighted by molar-refractivity contribution is 0.600. The second kappa shape index (κ2) is 6.55. The van der Waals surface area contributed by atoms with Crippen molar-refractivity contribution in [3.8, 4) is 0 Å². The Balaban J connectivity index is 3.29. The number of aryl methyl sites for hydroxylation is 1. The number of hydrogen-bond donors (Lipinski definition) is 1. The summed E-state index contributed by atoms with van der Waals surface area (Å²) in [6.07, 6.45) is 1.87. The van der Waals surface area contributed by atoms with Crippen molar-refractivity contribution in [1.82, 2.24) is 5.32 Å². The van der Waals surface area contributed by atoms with E-state index in [1.165, 1.54) is 0 Å². The lowest BCUT2D eigenvalue weighted by Gasteiger charge is -2.27. The van der Waals surface area contributed by atoms with Gasteiger partial charge in [-0.15, -0.1) is 6.58 Å². The SMILES string of the molecule is C=CCN(CC)c1cc(C)c(F)cc1C(C)NC. The third-order valence-electron chi connectivity index (χ3n) is 3.28. The highest BCUT2D eigenvalue weighted by Gasteiger charge is 2.15. The first-order chi connectivity index (χ1) is 8.54. The molecule has 0 heterocycles. The first-order valence-electron chi connectivity index (χ1n) is 6.38. The highest BCUT2D eigenvalue weighted by molar-refractivity contribution is 5.57. The lowest BCUT2D eigenvalue weighted by Crippen LogP contribution is -2.26. The van der Waals surface area contributed by atoms with Gasteiger partial charge in [-0.3, -0.25) is 0 Å². The highest BCUT2D eigenvalue weighted by Crippen LogP contribution is 2.29. The predicted molar refractivity (Wildman–Crippen MR) is 76.7 cm³/mol. The van der Waals surface area contributed by atoms with Crippen LogP contribution in [0.3, 0.4) is 0 Å². The van der Waals surface area contributed by atoms with E-state index in [0.29, 0.717) is 5.56 Å². The maximum atomic E-state index is 13.7. The second-order valence-electron chi connectivity index (χ2n) is 4.50. The minimum absolute atomic E-state index is 0.119. The van der Waals surface area contributed by atoms with E-state index >= 15 is 0 Å². The average molecular weight is 250 g/mol. The Morgan fingerprint density at radius 1 is 1.50 bits per heavy atom. The molecule has 0 spiro atoms. The lowest BCUT2D eigenvalue weighted by atomic mass is 10.0. The zero-order valence-electron chi connectivity index (χ0n) is 11.8. The molecule has 0 amide bonds. The van der Waals surface area contributed by atoms with Crippen molar-refractivity contribution in [2.75, 3.05) is 25.0 Å². The fourth-order valence-corrected chi connectivity index (χ4v) is 2.01. The first-order valence-corrected chi connectivity index (χ1v) is 6.38. The van der Waals surface area contributed by atoms with Crippen LogP contribution in [-0.4, -0.2) is 20.1 Å². The van der Waals surface area contributed by atoms with Crippen molar-refractivity contribution >= 4 is 5.69 Å². The van der Waals surface area contributed by atoms with Crippen LogP contribution in [0.25, 0.3) is 0 Å². The Hall–Kier alpha value is -1.35. The largest absolute Gasteiger partial charge is 0.368 e. The number of halogens is 1. The summed E-state index contributed by atoms with van der Waals surface area (Å²) in [4.78, 5) is 2.20. The Morgan fingerprint density at radius 2 is 2.17 bits per heavy atom. The van der Waals surface area contributed by atoms with E-state index < -0.39 is 0 Å². The third-order valence-corrected chi connectivity index (χ3v) is 3.28. The number of anilines is 1. The molecule has 18 heavy (non-hydrogen) atoms. The highest BCUT2D eigenvalue weighted by atomic mass is 19.1. The molecule has 1 aromatic rings. The zero-order valence-corrected chi connectivity index (χ0v) is 11.8. The van der Waals surface area contributed by atoms with Crippen molar-refractivity contribution in [1.29, 1.82) is 0 Å². The Labute approximate surface area is 110 Å². The quantitative estimate of drug-likeness (QED) is 0.778. The summed E-state index contributed by atoms with van der Waals surface area (Å²) in [5.41, 5.74) is 2.75. The van der Waals surface area contributed by atoms with Gasteiger partial charge in [-0.05, 0) is 51.1 Å². The summed E-state index contributed by atoms with van der Waals surface area (Å²) < 4.78 is 13.7. The molecule has 1 atom stereocenters. The average Bonchev–Trinajstić information content (AvgIpc) is 2.38. The maximum Gasteiger partial charge on any atom is 0.126 e. The Bertz CT molecular complexity index is 415. The van der Waals surface area contributed by atoms with E-state index in [2.05, 4.69) is 23.7 Å². The van der Waals surface area contributed by atoms with Crippen LogP contribution in [0.15, 0.2) is 24.8 Å². The van der Waals surface area contributed by atoms with Gasteiger partial charge in [-0.2, -0.15) is 0 Å². The van der Waals surface area contributed by atoms with Gasteiger partial charge in [-0.1, -0.05) is 6.08 Å². The fraction of sp³-hybridized carbons (Fsp3) is 0.467. The van der Waals surface area contributed by atoms with Gasteiger partial charge in [-0.25, -0.2) is 4.39 Å². The first kappa shape index (κ1) is 14.7. The van der Waals surface area contributed by atoms with Crippen LogP contribution in [0.2, 0.25) is 0 Å². The van der Waals surface area contributed by atoms with Crippen LogP contribution in [0.4, 0.5) is 10.1 Å². The van der Waals surface area contributed by atoms with Gasteiger partial charge in [0.15, 0.2) is 0 Å². The molecule has 0 bridgehead atoms. The van der Waals surface area contributed by atoms with Crippen molar-refractivity contribution in [3.63, 3.8) is 0 Å². The number of rotatable bonds is 6. The molecule has 3 heteroatoms. The van der Waals surface area contributed by atoms with Crippen LogP contribution in [0.1, 0.15) is 31.0 Å². The van der Waals surface area contributed by atoms with Gasteiger partial charge >= 0.3 is 0 Å². The summed E-state index contributed by atoms with van der Waals surface area (Å²) >= 11 is 0. The molecular weight excluding hydrogens is 227 g/mol. The predicted octanol–water partition coefficient (Wildman–Crippen LogP) is 3.43. The van der Waals surface area contributed by atoms with Crippen molar-refractivity contribution in [3.05, 3.63) is 41.7 Å². The molecule has 1 rings (SSSR count). The summed E-state index contributed by atoms with van der Waals surface area (Å²) in [6.45, 7) is 11.4. The molecular formula is C15H23FN2. The summed E-state index contributed by atoms with van der Waals surface area (Å²) in [6, 6.07) is 3.68. The van der Waals surface area contributed by atoms with Gasteiger partial charge in [0.1, 0.15) is 5.82 Å². The molecule has 0 aliphatic rings. The maximum absolute atomic E-state index is 13.7. The Morgan fingerprint density at radius 3 is 2.67 bits per heavy atom. The summed E-state index contributed by atoms with van der Waals surface area (Å²) in [5, 5.41) is 3.17. The number of hydrogen-bond acceptors (Lipinski definition) is 2. The minimum Gasteiger partial charge on any atom is -0.368 e. The molecule has 0 saturated carbocycles. The van der Waals surface area contributed by atoms with E-state index in [-0.39, 0.29) is 11.9 Å². The zero-order chi connectivity index (χ0) is 13.7. The minimum atomic E-state index is -0.148. The molecule has 100 valence electrons. The van der Waals surface area contributed by atoms with E-state index in [1.54, 1.807) is 13.0 Å². The Kier molecular flexibility index (Phi) is 5.35. The van der Waals surface area contributed by atoms with Crippen molar-refractivity contribution in [2.24, 2.45) is 0 Å². The number of benzene rings is 1. The van der Waals surface area contributed by atoms with Gasteiger partial charge in [0.05, 0.1) is 0 Å². The molecule has 2 nitrogen and oxygen atoms in total. The van der Waals surface area contributed by atoms with E-state index in [4.69, 9.17) is 0 Å². The molecule has 0 saturated heterocycles. The molecule has 0 radical (unpaired) electrons. The van der Waals surface area contributed by atoms with Crippen LogP contribution in [-0.2, 0) is 0 Å². The van der Waals surface area contributed by atoms with Gasteiger partial charge in [0, 0.05) is 24.8 Å². The van der Waals surface area contributed by atoms with Crippen LogP contribution in [0, 0.1) is 12.7 Å². The number of nitrogens with one attached hydrogen (secondary N) is 1. The van der Waals surface area contributed by atoms with Crippen molar-refractivity contribution < 1.29 is 4.39 Å². The number of likely N-dealkylation sites (N-methyl/N-ethyl adjacent to an activating group) is 1.